The monoisotopic (exact) mass is 307 g/mol. The van der Waals surface area contributed by atoms with Gasteiger partial charge in [-0.1, -0.05) is 6.07 Å². The second-order valence-corrected chi connectivity index (χ2v) is 5.40. The Morgan fingerprint density at radius 2 is 2.23 bits per heavy atom. The maximum Gasteiger partial charge on any atom is 0.254 e. The number of benzene rings is 1. The van der Waals surface area contributed by atoms with Crippen LogP contribution in [0.5, 0.6) is 0 Å². The van der Waals surface area contributed by atoms with Gasteiger partial charge >= 0.3 is 0 Å². The molecule has 3 rings (SSSR count). The minimum Gasteiger partial charge on any atom is -0.366 e. The normalized spacial score (nSPS) is 22.4. The van der Waals surface area contributed by atoms with Crippen LogP contribution in [0.25, 0.3) is 0 Å². The molecule has 7 heteroatoms. The molecule has 2 aliphatic heterocycles. The molecule has 2 heterocycles. The number of halogens is 1. The smallest absolute Gasteiger partial charge is 0.254 e. The van der Waals surface area contributed by atoms with Crippen LogP contribution in [0.2, 0.25) is 0 Å². The molecule has 0 spiro atoms. The van der Waals surface area contributed by atoms with Gasteiger partial charge in [0.15, 0.2) is 6.10 Å². The molecule has 2 saturated heterocycles. The second kappa shape index (κ2) is 6.31. The van der Waals surface area contributed by atoms with Crippen LogP contribution in [0, 0.1) is 5.82 Å². The molecule has 0 unspecified atom stereocenters. The van der Waals surface area contributed by atoms with Gasteiger partial charge in [-0.2, -0.15) is 0 Å². The van der Waals surface area contributed by atoms with Crippen LogP contribution in [0.1, 0.15) is 0 Å². The number of hydrogen-bond acceptors (Lipinski definition) is 4. The van der Waals surface area contributed by atoms with Crippen LogP contribution in [0.3, 0.4) is 0 Å². The fourth-order valence-corrected chi connectivity index (χ4v) is 2.74. The van der Waals surface area contributed by atoms with Gasteiger partial charge in [-0.05, 0) is 18.2 Å². The van der Waals surface area contributed by atoms with Crippen molar-refractivity contribution in [3.05, 3.63) is 30.1 Å². The minimum absolute atomic E-state index is 0.0681. The van der Waals surface area contributed by atoms with E-state index >= 15 is 0 Å². The summed E-state index contributed by atoms with van der Waals surface area (Å²) in [6.45, 7) is 2.38. The molecule has 0 aromatic heterocycles. The van der Waals surface area contributed by atoms with Gasteiger partial charge < -0.3 is 19.9 Å². The first-order valence-corrected chi connectivity index (χ1v) is 7.31. The van der Waals surface area contributed by atoms with E-state index in [1.807, 2.05) is 11.0 Å². The number of nitrogens with zero attached hydrogens (tertiary/aromatic N) is 2. The zero-order valence-corrected chi connectivity index (χ0v) is 12.1. The molecule has 2 amide bonds. The van der Waals surface area contributed by atoms with E-state index < -0.39 is 6.10 Å². The maximum absolute atomic E-state index is 13.3. The van der Waals surface area contributed by atoms with Crippen molar-refractivity contribution in [3.8, 4) is 0 Å². The van der Waals surface area contributed by atoms with Gasteiger partial charge in [-0.25, -0.2) is 4.39 Å². The number of hydrogen-bond donors (Lipinski definition) is 1. The molecule has 0 bridgehead atoms. The summed E-state index contributed by atoms with van der Waals surface area (Å²) < 4.78 is 18.9. The molecule has 1 aromatic rings. The number of carbonyl (C=O) groups is 2. The van der Waals surface area contributed by atoms with Gasteiger partial charge in [0.1, 0.15) is 5.82 Å². The van der Waals surface area contributed by atoms with E-state index in [0.29, 0.717) is 32.8 Å². The van der Waals surface area contributed by atoms with E-state index in [9.17, 15) is 14.0 Å². The minimum atomic E-state index is -0.622. The third-order valence-corrected chi connectivity index (χ3v) is 3.87. The van der Waals surface area contributed by atoms with Crippen molar-refractivity contribution in [2.45, 2.75) is 6.10 Å². The van der Waals surface area contributed by atoms with Crippen LogP contribution in [-0.2, 0) is 14.3 Å². The Labute approximate surface area is 127 Å². The molecule has 6 nitrogen and oxygen atoms in total. The molecular weight excluding hydrogens is 289 g/mol. The van der Waals surface area contributed by atoms with Gasteiger partial charge in [0, 0.05) is 25.3 Å². The Morgan fingerprint density at radius 1 is 1.36 bits per heavy atom. The largest absolute Gasteiger partial charge is 0.366 e. The average molecular weight is 307 g/mol. The van der Waals surface area contributed by atoms with Gasteiger partial charge in [0.05, 0.1) is 19.7 Å². The summed E-state index contributed by atoms with van der Waals surface area (Å²) in [5, 5.41) is 2.68. The van der Waals surface area contributed by atoms with Gasteiger partial charge in [-0.3, -0.25) is 9.59 Å². The van der Waals surface area contributed by atoms with Gasteiger partial charge in [-0.15, -0.1) is 0 Å². The molecule has 118 valence electrons. The fraction of sp³-hybridized carbons (Fsp3) is 0.467. The highest BCUT2D eigenvalue weighted by atomic mass is 19.1. The topological polar surface area (TPSA) is 61.9 Å². The quantitative estimate of drug-likeness (QED) is 0.835. The summed E-state index contributed by atoms with van der Waals surface area (Å²) in [6, 6.07) is 6.29. The number of morpholine rings is 1. The number of piperazine rings is 1. The average Bonchev–Trinajstić information content (AvgIpc) is 2.54. The van der Waals surface area contributed by atoms with Crippen molar-refractivity contribution in [1.82, 2.24) is 10.2 Å². The van der Waals surface area contributed by atoms with E-state index in [0.717, 1.165) is 5.69 Å². The van der Waals surface area contributed by atoms with Crippen molar-refractivity contribution < 1.29 is 18.7 Å². The number of ether oxygens (including phenoxy) is 1. The zero-order valence-electron chi connectivity index (χ0n) is 12.1. The number of nitrogens with one attached hydrogen (secondary N) is 1. The predicted octanol–water partition coefficient (Wildman–Crippen LogP) is -0.0107. The lowest BCUT2D eigenvalue weighted by Gasteiger charge is -2.37. The lowest BCUT2D eigenvalue weighted by atomic mass is 10.2. The Balaban J connectivity index is 1.67. The summed E-state index contributed by atoms with van der Waals surface area (Å²) in [7, 11) is 0. The molecule has 1 N–H and O–H groups in total. The second-order valence-electron chi connectivity index (χ2n) is 5.40. The molecule has 1 aromatic carbocycles. The molecule has 2 fully saturated rings. The molecule has 0 saturated carbocycles. The van der Waals surface area contributed by atoms with Crippen molar-refractivity contribution >= 4 is 17.5 Å². The highest BCUT2D eigenvalue weighted by molar-refractivity contribution is 5.88. The summed E-state index contributed by atoms with van der Waals surface area (Å²) in [5.41, 5.74) is 0.734. The van der Waals surface area contributed by atoms with Crippen molar-refractivity contribution in [2.24, 2.45) is 0 Å². The van der Waals surface area contributed by atoms with Crippen molar-refractivity contribution in [1.29, 1.82) is 0 Å². The van der Waals surface area contributed by atoms with Crippen molar-refractivity contribution in [3.63, 3.8) is 0 Å². The Morgan fingerprint density at radius 3 is 3.00 bits per heavy atom. The highest BCUT2D eigenvalue weighted by Gasteiger charge is 2.32. The maximum atomic E-state index is 13.3. The summed E-state index contributed by atoms with van der Waals surface area (Å²) in [5.74, 6) is -0.645. The Kier molecular flexibility index (Phi) is 4.24. The van der Waals surface area contributed by atoms with Gasteiger partial charge in [0.2, 0.25) is 5.91 Å². The number of rotatable bonds is 2. The third-order valence-electron chi connectivity index (χ3n) is 3.87. The summed E-state index contributed by atoms with van der Waals surface area (Å²) in [4.78, 5) is 27.3. The SMILES string of the molecule is O=C1CN(C(=O)[C@H]2CN(c3cccc(F)c3)CCO2)CCN1. The lowest BCUT2D eigenvalue weighted by molar-refractivity contribution is -0.148. The lowest BCUT2D eigenvalue weighted by Crippen LogP contribution is -2.56. The Hall–Kier alpha value is -2.15. The van der Waals surface area contributed by atoms with Crippen LogP contribution in [0.4, 0.5) is 10.1 Å². The van der Waals surface area contributed by atoms with Crippen LogP contribution in [-0.4, -0.2) is 62.1 Å². The molecule has 0 radical (unpaired) electrons. The van der Waals surface area contributed by atoms with Crippen LogP contribution in [0.15, 0.2) is 24.3 Å². The Bertz CT molecular complexity index is 581. The fourth-order valence-electron chi connectivity index (χ4n) is 2.74. The van der Waals surface area contributed by atoms with Crippen LogP contribution < -0.4 is 10.2 Å². The van der Waals surface area contributed by atoms with E-state index in [1.165, 1.54) is 17.0 Å². The standard InChI is InChI=1S/C15H18FN3O3/c16-11-2-1-3-12(8-11)18-6-7-22-13(9-18)15(21)19-5-4-17-14(20)10-19/h1-3,8,13H,4-7,9-10H2,(H,17,20)/t13-/m1/s1. The first-order chi connectivity index (χ1) is 10.6. The molecule has 22 heavy (non-hydrogen) atoms. The summed E-state index contributed by atoms with van der Waals surface area (Å²) >= 11 is 0. The van der Waals surface area contributed by atoms with Crippen molar-refractivity contribution in [2.75, 3.05) is 44.2 Å². The van der Waals surface area contributed by atoms with Gasteiger partial charge in [0.25, 0.3) is 5.91 Å². The highest BCUT2D eigenvalue weighted by Crippen LogP contribution is 2.19. The molecule has 0 aliphatic carbocycles. The first kappa shape index (κ1) is 14.8. The first-order valence-electron chi connectivity index (χ1n) is 7.31. The number of carbonyl (C=O) groups excluding carboxylic acids is 2. The van der Waals surface area contributed by atoms with E-state index in [2.05, 4.69) is 5.32 Å². The van der Waals surface area contributed by atoms with E-state index in [1.54, 1.807) is 6.07 Å². The van der Waals surface area contributed by atoms with E-state index in [4.69, 9.17) is 4.74 Å². The third kappa shape index (κ3) is 3.19. The van der Waals surface area contributed by atoms with E-state index in [-0.39, 0.29) is 24.2 Å². The number of amides is 2. The zero-order chi connectivity index (χ0) is 15.5. The van der Waals surface area contributed by atoms with Crippen LogP contribution >= 0.6 is 0 Å². The predicted molar refractivity (Wildman–Crippen MR) is 77.9 cm³/mol. The molecular formula is C15H18FN3O3. The molecule has 1 atom stereocenters. The number of anilines is 1. The molecule has 2 aliphatic rings. The summed E-state index contributed by atoms with van der Waals surface area (Å²) in [6.07, 6.45) is -0.622.